The van der Waals surface area contributed by atoms with E-state index in [-0.39, 0.29) is 11.4 Å². The van der Waals surface area contributed by atoms with Crippen LogP contribution in [0.1, 0.15) is 12.8 Å². The Morgan fingerprint density at radius 1 is 1.17 bits per heavy atom. The van der Waals surface area contributed by atoms with E-state index in [1.807, 2.05) is 0 Å². The summed E-state index contributed by atoms with van der Waals surface area (Å²) in [5.41, 5.74) is 0.787. The minimum absolute atomic E-state index is 0.0719. The molecule has 1 saturated heterocycles. The molecule has 6 nitrogen and oxygen atoms in total. The SMILES string of the molecule is COc1cc([N+](=O)[O-])c(OC)cc1N1CCCC1. The molecule has 0 saturated carbocycles. The number of nitrogens with zero attached hydrogens (tertiary/aromatic N) is 2. The van der Waals surface area contributed by atoms with Gasteiger partial charge in [0.05, 0.1) is 30.9 Å². The van der Waals surface area contributed by atoms with Crippen molar-refractivity contribution in [3.8, 4) is 11.5 Å². The Hall–Kier alpha value is -1.98. The first-order chi connectivity index (χ1) is 8.67. The zero-order chi connectivity index (χ0) is 13.1. The smallest absolute Gasteiger partial charge is 0.314 e. The zero-order valence-corrected chi connectivity index (χ0v) is 10.5. The summed E-state index contributed by atoms with van der Waals surface area (Å²) in [5.74, 6) is 0.784. The number of anilines is 1. The van der Waals surface area contributed by atoms with Gasteiger partial charge in [0.1, 0.15) is 5.75 Å². The van der Waals surface area contributed by atoms with Gasteiger partial charge in [-0.3, -0.25) is 10.1 Å². The highest BCUT2D eigenvalue weighted by atomic mass is 16.6. The van der Waals surface area contributed by atoms with E-state index in [4.69, 9.17) is 9.47 Å². The molecule has 0 atom stereocenters. The third-order valence-corrected chi connectivity index (χ3v) is 3.12. The number of hydrogen-bond acceptors (Lipinski definition) is 5. The highest BCUT2D eigenvalue weighted by Gasteiger charge is 2.23. The maximum Gasteiger partial charge on any atom is 0.314 e. The van der Waals surface area contributed by atoms with Crippen molar-refractivity contribution < 1.29 is 14.4 Å². The first kappa shape index (κ1) is 12.5. The largest absolute Gasteiger partial charge is 0.494 e. The van der Waals surface area contributed by atoms with Gasteiger partial charge >= 0.3 is 5.69 Å². The molecule has 1 aromatic carbocycles. The molecule has 0 aromatic heterocycles. The van der Waals surface area contributed by atoms with Crippen molar-refractivity contribution in [1.82, 2.24) is 0 Å². The van der Waals surface area contributed by atoms with Gasteiger partial charge in [-0.1, -0.05) is 0 Å². The van der Waals surface area contributed by atoms with Crippen LogP contribution in [0.3, 0.4) is 0 Å². The molecule has 0 N–H and O–H groups in total. The molecule has 2 rings (SSSR count). The molecular weight excluding hydrogens is 236 g/mol. The quantitative estimate of drug-likeness (QED) is 0.607. The van der Waals surface area contributed by atoms with Crippen molar-refractivity contribution >= 4 is 11.4 Å². The molecule has 18 heavy (non-hydrogen) atoms. The van der Waals surface area contributed by atoms with Crippen molar-refractivity contribution in [2.75, 3.05) is 32.2 Å². The Morgan fingerprint density at radius 2 is 1.78 bits per heavy atom. The second-order valence-corrected chi connectivity index (χ2v) is 4.15. The molecule has 1 heterocycles. The molecule has 0 bridgehead atoms. The third kappa shape index (κ3) is 2.18. The molecule has 0 amide bonds. The molecule has 98 valence electrons. The van der Waals surface area contributed by atoms with Crippen LogP contribution in [0, 0.1) is 10.1 Å². The Kier molecular flexibility index (Phi) is 3.55. The Balaban J connectivity index is 2.48. The molecule has 6 heteroatoms. The van der Waals surface area contributed by atoms with Crippen LogP contribution in [0.2, 0.25) is 0 Å². The number of rotatable bonds is 4. The molecule has 1 aliphatic heterocycles. The lowest BCUT2D eigenvalue weighted by molar-refractivity contribution is -0.385. The predicted octanol–water partition coefficient (Wildman–Crippen LogP) is 2.21. The van der Waals surface area contributed by atoms with Gasteiger partial charge in [0.25, 0.3) is 0 Å². The Bertz CT molecular complexity index is 456. The first-order valence-corrected chi connectivity index (χ1v) is 5.82. The van der Waals surface area contributed by atoms with Crippen molar-refractivity contribution in [2.24, 2.45) is 0 Å². The van der Waals surface area contributed by atoms with E-state index < -0.39 is 4.92 Å². The van der Waals surface area contributed by atoms with E-state index in [0.29, 0.717) is 5.75 Å². The summed E-state index contributed by atoms with van der Waals surface area (Å²) < 4.78 is 10.3. The average molecular weight is 252 g/mol. The topological polar surface area (TPSA) is 64.8 Å². The molecule has 0 unspecified atom stereocenters. The van der Waals surface area contributed by atoms with E-state index in [0.717, 1.165) is 31.6 Å². The van der Waals surface area contributed by atoms with Crippen LogP contribution in [-0.2, 0) is 0 Å². The van der Waals surface area contributed by atoms with Crippen molar-refractivity contribution in [3.05, 3.63) is 22.2 Å². The number of hydrogen-bond donors (Lipinski definition) is 0. The minimum atomic E-state index is -0.463. The molecule has 0 spiro atoms. The fourth-order valence-electron chi connectivity index (χ4n) is 2.21. The summed E-state index contributed by atoms with van der Waals surface area (Å²) in [6.07, 6.45) is 2.25. The monoisotopic (exact) mass is 252 g/mol. The Labute approximate surface area is 105 Å². The van der Waals surface area contributed by atoms with Crippen LogP contribution in [0.15, 0.2) is 12.1 Å². The number of nitro benzene ring substituents is 1. The van der Waals surface area contributed by atoms with Gasteiger partial charge in [-0.25, -0.2) is 0 Å². The summed E-state index contributed by atoms with van der Waals surface area (Å²) in [6.45, 7) is 1.88. The van der Waals surface area contributed by atoms with Crippen LogP contribution < -0.4 is 14.4 Å². The van der Waals surface area contributed by atoms with Crippen molar-refractivity contribution in [1.29, 1.82) is 0 Å². The molecular formula is C12H16N2O4. The van der Waals surface area contributed by atoms with Crippen LogP contribution >= 0.6 is 0 Å². The number of benzene rings is 1. The second-order valence-electron chi connectivity index (χ2n) is 4.15. The summed E-state index contributed by atoms with van der Waals surface area (Å²) in [4.78, 5) is 12.6. The van der Waals surface area contributed by atoms with E-state index in [9.17, 15) is 10.1 Å². The van der Waals surface area contributed by atoms with E-state index in [1.165, 1.54) is 20.3 Å². The maximum absolute atomic E-state index is 10.9. The number of ether oxygens (including phenoxy) is 2. The van der Waals surface area contributed by atoms with Crippen molar-refractivity contribution in [2.45, 2.75) is 12.8 Å². The van der Waals surface area contributed by atoms with Gasteiger partial charge < -0.3 is 14.4 Å². The molecule has 1 aromatic rings. The number of nitro groups is 1. The van der Waals surface area contributed by atoms with E-state index in [2.05, 4.69) is 4.90 Å². The predicted molar refractivity (Wildman–Crippen MR) is 67.6 cm³/mol. The van der Waals surface area contributed by atoms with Gasteiger partial charge in [0.2, 0.25) is 0 Å². The van der Waals surface area contributed by atoms with Gasteiger partial charge in [0, 0.05) is 19.2 Å². The molecule has 0 aliphatic carbocycles. The third-order valence-electron chi connectivity index (χ3n) is 3.12. The lowest BCUT2D eigenvalue weighted by atomic mass is 10.2. The standard InChI is InChI=1S/C12H16N2O4/c1-17-11-8-10(14(15)16)12(18-2)7-9(11)13-5-3-4-6-13/h7-8H,3-6H2,1-2H3. The second kappa shape index (κ2) is 5.12. The minimum Gasteiger partial charge on any atom is -0.494 e. The summed E-state index contributed by atoms with van der Waals surface area (Å²) >= 11 is 0. The normalized spacial score (nSPS) is 14.7. The van der Waals surface area contributed by atoms with Crippen molar-refractivity contribution in [3.63, 3.8) is 0 Å². The number of methoxy groups -OCH3 is 2. The zero-order valence-electron chi connectivity index (χ0n) is 10.5. The fraction of sp³-hybridized carbons (Fsp3) is 0.500. The van der Waals surface area contributed by atoms with Crippen LogP contribution in [0.4, 0.5) is 11.4 Å². The Morgan fingerprint density at radius 3 is 2.28 bits per heavy atom. The lowest BCUT2D eigenvalue weighted by Gasteiger charge is -2.21. The van der Waals surface area contributed by atoms with Crippen LogP contribution in [-0.4, -0.2) is 32.2 Å². The van der Waals surface area contributed by atoms with Gasteiger partial charge in [0.15, 0.2) is 5.75 Å². The van der Waals surface area contributed by atoms with E-state index in [1.54, 1.807) is 6.07 Å². The summed E-state index contributed by atoms with van der Waals surface area (Å²) in [6, 6.07) is 3.11. The highest BCUT2D eigenvalue weighted by Crippen LogP contribution is 2.40. The highest BCUT2D eigenvalue weighted by molar-refractivity contribution is 5.68. The molecule has 0 radical (unpaired) electrons. The van der Waals surface area contributed by atoms with E-state index >= 15 is 0 Å². The molecule has 1 fully saturated rings. The average Bonchev–Trinajstić information content (AvgIpc) is 2.90. The lowest BCUT2D eigenvalue weighted by Crippen LogP contribution is -2.18. The first-order valence-electron chi connectivity index (χ1n) is 5.82. The summed E-state index contributed by atoms with van der Waals surface area (Å²) in [7, 11) is 2.95. The van der Waals surface area contributed by atoms with Crippen LogP contribution in [0.25, 0.3) is 0 Å². The van der Waals surface area contributed by atoms with Crippen LogP contribution in [0.5, 0.6) is 11.5 Å². The maximum atomic E-state index is 10.9. The van der Waals surface area contributed by atoms with Gasteiger partial charge in [-0.2, -0.15) is 0 Å². The molecule has 1 aliphatic rings. The summed E-state index contributed by atoms with van der Waals surface area (Å²) in [5, 5.41) is 10.9. The van der Waals surface area contributed by atoms with Gasteiger partial charge in [-0.05, 0) is 12.8 Å². The van der Waals surface area contributed by atoms with Gasteiger partial charge in [-0.15, -0.1) is 0 Å². The fourth-order valence-corrected chi connectivity index (χ4v) is 2.21.